The zero-order valence-electron chi connectivity index (χ0n) is 23.5. The average molecular weight is 616 g/mol. The number of halogens is 1. The van der Waals surface area contributed by atoms with Crippen molar-refractivity contribution in [3.8, 4) is 17.2 Å². The Morgan fingerprint density at radius 3 is 2.30 bits per heavy atom. The Labute approximate surface area is 257 Å². The molecule has 1 aromatic heterocycles. The number of carbonyl (C=O) groups is 3. The predicted molar refractivity (Wildman–Crippen MR) is 163 cm³/mol. The molecule has 1 saturated heterocycles. The van der Waals surface area contributed by atoms with Gasteiger partial charge in [-0.15, -0.1) is 11.3 Å². The van der Waals surface area contributed by atoms with E-state index in [-0.39, 0.29) is 37.8 Å². The third kappa shape index (κ3) is 7.78. The fourth-order valence-electron chi connectivity index (χ4n) is 4.68. The molecule has 1 aliphatic heterocycles. The molecule has 12 heteroatoms. The number of amides is 3. The number of para-hydroxylation sites is 1. The summed E-state index contributed by atoms with van der Waals surface area (Å²) < 4.78 is 25.1. The van der Waals surface area contributed by atoms with Gasteiger partial charge < -0.3 is 30.7 Å². The molecule has 226 valence electrons. The maximum Gasteiger partial charge on any atom is 0.251 e. The van der Waals surface area contributed by atoms with Crippen LogP contribution in [0.1, 0.15) is 27.2 Å². The van der Waals surface area contributed by atoms with E-state index in [1.54, 1.807) is 35.7 Å². The van der Waals surface area contributed by atoms with E-state index in [0.29, 0.717) is 28.4 Å². The maximum absolute atomic E-state index is 13.4. The zero-order chi connectivity index (χ0) is 31.1. The molecule has 2 heterocycles. The molecule has 0 aliphatic carbocycles. The van der Waals surface area contributed by atoms with Crippen LogP contribution in [0.15, 0.2) is 90.3 Å². The van der Waals surface area contributed by atoms with E-state index < -0.39 is 29.8 Å². The number of likely N-dealkylation sites (tertiary alicyclic amines) is 1. The molecule has 3 amide bonds. The summed E-state index contributed by atoms with van der Waals surface area (Å²) in [6.45, 7) is -0.0380. The minimum absolute atomic E-state index is 0.0642. The Kier molecular flexibility index (Phi) is 9.50. The summed E-state index contributed by atoms with van der Waals surface area (Å²) in [4.78, 5) is 41.6. The smallest absolute Gasteiger partial charge is 0.251 e. The van der Waals surface area contributed by atoms with E-state index in [1.165, 1.54) is 40.5 Å². The highest BCUT2D eigenvalue weighted by atomic mass is 32.1. The second-order valence-corrected chi connectivity index (χ2v) is 11.0. The maximum atomic E-state index is 13.4. The van der Waals surface area contributed by atoms with Crippen LogP contribution in [0.5, 0.6) is 17.2 Å². The molecule has 1 fully saturated rings. The molecular weight excluding hydrogens is 585 g/mol. The van der Waals surface area contributed by atoms with Crippen LogP contribution in [0.4, 0.5) is 4.39 Å². The lowest BCUT2D eigenvalue weighted by atomic mass is 10.1. The Morgan fingerprint density at radius 1 is 0.932 bits per heavy atom. The van der Waals surface area contributed by atoms with Crippen LogP contribution in [-0.2, 0) is 16.1 Å². The van der Waals surface area contributed by atoms with Crippen LogP contribution >= 0.6 is 11.3 Å². The van der Waals surface area contributed by atoms with Gasteiger partial charge in [0.05, 0.1) is 19.6 Å². The molecule has 0 unspecified atom stereocenters. The van der Waals surface area contributed by atoms with Crippen molar-refractivity contribution in [1.82, 2.24) is 15.5 Å². The van der Waals surface area contributed by atoms with Crippen LogP contribution < -0.4 is 25.8 Å². The van der Waals surface area contributed by atoms with E-state index in [1.807, 2.05) is 30.3 Å². The molecule has 44 heavy (non-hydrogen) atoms. The summed E-state index contributed by atoms with van der Waals surface area (Å²) in [5.74, 6) is -0.140. The van der Waals surface area contributed by atoms with Crippen molar-refractivity contribution in [1.29, 1.82) is 5.41 Å². The first-order valence-electron chi connectivity index (χ1n) is 13.8. The highest BCUT2D eigenvalue weighted by Gasteiger charge is 2.40. The van der Waals surface area contributed by atoms with Crippen molar-refractivity contribution in [2.24, 2.45) is 5.73 Å². The highest BCUT2D eigenvalue weighted by molar-refractivity contribution is 7.10. The van der Waals surface area contributed by atoms with Crippen LogP contribution in [0, 0.1) is 11.2 Å². The van der Waals surface area contributed by atoms with Crippen molar-refractivity contribution in [3.05, 3.63) is 112 Å². The molecule has 0 saturated carbocycles. The monoisotopic (exact) mass is 615 g/mol. The number of hydrogen-bond donors (Lipinski definition) is 4. The number of benzene rings is 3. The van der Waals surface area contributed by atoms with Crippen molar-refractivity contribution in [3.63, 3.8) is 0 Å². The Morgan fingerprint density at radius 2 is 1.61 bits per heavy atom. The van der Waals surface area contributed by atoms with E-state index in [2.05, 4.69) is 10.6 Å². The number of rotatable bonds is 11. The van der Waals surface area contributed by atoms with Gasteiger partial charge >= 0.3 is 0 Å². The van der Waals surface area contributed by atoms with Crippen molar-refractivity contribution < 1.29 is 28.2 Å². The van der Waals surface area contributed by atoms with Crippen molar-refractivity contribution in [2.45, 2.75) is 25.1 Å². The summed E-state index contributed by atoms with van der Waals surface area (Å²) in [6.07, 6.45) is -0.325. The normalized spacial score (nSPS) is 15.8. The second kappa shape index (κ2) is 13.8. The van der Waals surface area contributed by atoms with Crippen LogP contribution in [0.3, 0.4) is 0 Å². The van der Waals surface area contributed by atoms with Gasteiger partial charge in [-0.1, -0.05) is 18.2 Å². The topological polar surface area (TPSA) is 147 Å². The van der Waals surface area contributed by atoms with Gasteiger partial charge in [0.1, 0.15) is 41.0 Å². The standard InChI is InChI=1S/C32H30FN5O5S/c33-22-8-12-25(13-9-22)43-26-15-28(32(41)36-16-27-14-21(19-44-27)30(34)35)38(18-26)29(39)17-37-31(40)20-6-10-24(11-7-20)42-23-4-2-1-3-5-23/h1-14,19,26,28H,15-18H2,(H3,34,35)(H,36,41)(H,37,40)/t26-,28-/m0/s1. The Balaban J connectivity index is 1.21. The van der Waals surface area contributed by atoms with Gasteiger partial charge in [0, 0.05) is 27.8 Å². The van der Waals surface area contributed by atoms with Crippen LogP contribution in [0.2, 0.25) is 0 Å². The van der Waals surface area contributed by atoms with Crippen molar-refractivity contribution >= 4 is 34.9 Å². The number of hydrogen-bond acceptors (Lipinski definition) is 7. The molecule has 3 aromatic carbocycles. The van der Waals surface area contributed by atoms with E-state index >= 15 is 0 Å². The van der Waals surface area contributed by atoms with Crippen LogP contribution in [-0.4, -0.2) is 53.7 Å². The largest absolute Gasteiger partial charge is 0.488 e. The fourth-order valence-corrected chi connectivity index (χ4v) is 5.50. The van der Waals surface area contributed by atoms with E-state index in [4.69, 9.17) is 20.6 Å². The second-order valence-electron chi connectivity index (χ2n) is 10.0. The lowest BCUT2D eigenvalue weighted by Crippen LogP contribution is -2.48. The third-order valence-electron chi connectivity index (χ3n) is 6.90. The molecule has 1 aliphatic rings. The lowest BCUT2D eigenvalue weighted by Gasteiger charge is -2.23. The number of ether oxygens (including phenoxy) is 2. The van der Waals surface area contributed by atoms with Gasteiger partial charge in [-0.05, 0) is 66.7 Å². The first-order chi connectivity index (χ1) is 21.2. The molecule has 2 atom stereocenters. The zero-order valence-corrected chi connectivity index (χ0v) is 24.3. The molecule has 5 rings (SSSR count). The summed E-state index contributed by atoms with van der Waals surface area (Å²) in [5, 5.41) is 14.8. The molecule has 0 radical (unpaired) electrons. The molecule has 0 bridgehead atoms. The number of nitrogens with one attached hydrogen (secondary N) is 3. The number of nitrogens with zero attached hydrogens (tertiary/aromatic N) is 1. The summed E-state index contributed by atoms with van der Waals surface area (Å²) in [7, 11) is 0. The lowest BCUT2D eigenvalue weighted by molar-refractivity contribution is -0.137. The minimum atomic E-state index is -0.855. The van der Waals surface area contributed by atoms with E-state index in [9.17, 15) is 18.8 Å². The first-order valence-corrected chi connectivity index (χ1v) is 14.7. The Hall–Kier alpha value is -5.23. The molecule has 0 spiro atoms. The molecule has 4 aromatic rings. The average Bonchev–Trinajstić information content (AvgIpc) is 3.69. The predicted octanol–water partition coefficient (Wildman–Crippen LogP) is 4.06. The quantitative estimate of drug-likeness (QED) is 0.148. The van der Waals surface area contributed by atoms with Gasteiger partial charge in [-0.3, -0.25) is 19.8 Å². The van der Waals surface area contributed by atoms with Gasteiger partial charge in [0.25, 0.3) is 5.91 Å². The molecule has 5 N–H and O–H groups in total. The molecular formula is C32H30FN5O5S. The minimum Gasteiger partial charge on any atom is -0.488 e. The van der Waals surface area contributed by atoms with Crippen molar-refractivity contribution in [2.75, 3.05) is 13.1 Å². The van der Waals surface area contributed by atoms with Gasteiger partial charge in [0.15, 0.2) is 0 Å². The summed E-state index contributed by atoms with van der Waals surface area (Å²) in [5.41, 5.74) is 6.44. The number of thiophene rings is 1. The number of amidine groups is 1. The highest BCUT2D eigenvalue weighted by Crippen LogP contribution is 2.25. The third-order valence-corrected chi connectivity index (χ3v) is 7.84. The molecule has 10 nitrogen and oxygen atoms in total. The van der Waals surface area contributed by atoms with E-state index in [0.717, 1.165) is 4.88 Å². The number of nitrogens with two attached hydrogens (primary N) is 1. The summed E-state index contributed by atoms with van der Waals surface area (Å²) in [6, 6.07) is 22.1. The Bertz CT molecular complexity index is 1630. The van der Waals surface area contributed by atoms with Gasteiger partial charge in [0.2, 0.25) is 11.8 Å². The first kappa shape index (κ1) is 30.2. The van der Waals surface area contributed by atoms with Gasteiger partial charge in [-0.2, -0.15) is 0 Å². The number of nitrogen functional groups attached to an aromatic ring is 1. The fraction of sp³-hybridized carbons (Fsp3) is 0.188. The number of carbonyl (C=O) groups excluding carboxylic acids is 3. The van der Waals surface area contributed by atoms with Crippen LogP contribution in [0.25, 0.3) is 0 Å². The van der Waals surface area contributed by atoms with Gasteiger partial charge in [-0.25, -0.2) is 4.39 Å². The summed E-state index contributed by atoms with van der Waals surface area (Å²) >= 11 is 1.36. The SMILES string of the molecule is N=C(N)c1csc(CNC(=O)[C@@H]2C[C@H](Oc3ccc(F)cc3)CN2C(=O)CNC(=O)c2ccc(Oc3ccccc3)cc2)c1.